The second kappa shape index (κ2) is 8.95. The highest BCUT2D eigenvalue weighted by atomic mass is 16.6. The van der Waals surface area contributed by atoms with Crippen molar-refractivity contribution in [3.8, 4) is 5.75 Å². The Kier molecular flexibility index (Phi) is 6.92. The van der Waals surface area contributed by atoms with E-state index < -0.39 is 49.1 Å². The molecule has 1 aliphatic rings. The van der Waals surface area contributed by atoms with Crippen LogP contribution < -0.4 is 5.32 Å². The van der Waals surface area contributed by atoms with Crippen LogP contribution in [0.15, 0.2) is 24.3 Å². The molecule has 1 amide bonds. The minimum Gasteiger partial charge on any atom is -0.507 e. The highest BCUT2D eigenvalue weighted by molar-refractivity contribution is 5.92. The van der Waals surface area contributed by atoms with Gasteiger partial charge in [-0.1, -0.05) is 19.1 Å². The van der Waals surface area contributed by atoms with Gasteiger partial charge in [-0.3, -0.25) is 4.79 Å². The van der Waals surface area contributed by atoms with Gasteiger partial charge >= 0.3 is 5.97 Å². The molecule has 1 fully saturated rings. The molecule has 1 unspecified atom stereocenters. The van der Waals surface area contributed by atoms with E-state index in [-0.39, 0.29) is 17.7 Å². The van der Waals surface area contributed by atoms with E-state index in [1.54, 1.807) is 19.1 Å². The van der Waals surface area contributed by atoms with Crippen molar-refractivity contribution in [3.05, 3.63) is 29.8 Å². The normalized spacial score (nSPS) is 28.4. The fraction of sp³-hybridized carbons (Fsp3) is 0.529. The van der Waals surface area contributed by atoms with Gasteiger partial charge in [0.2, 0.25) is 5.91 Å². The Morgan fingerprint density at radius 1 is 1.19 bits per heavy atom. The van der Waals surface area contributed by atoms with E-state index in [4.69, 9.17) is 9.47 Å². The number of esters is 1. The number of carbonyl (C=O) groups excluding carboxylic acids is 2. The summed E-state index contributed by atoms with van der Waals surface area (Å²) in [6.45, 7) is 1.34. The topological polar surface area (TPSA) is 146 Å². The van der Waals surface area contributed by atoms with Gasteiger partial charge in [-0.15, -0.1) is 0 Å². The van der Waals surface area contributed by atoms with Gasteiger partial charge in [0, 0.05) is 6.42 Å². The fourth-order valence-electron chi connectivity index (χ4n) is 2.61. The van der Waals surface area contributed by atoms with Crippen molar-refractivity contribution in [2.75, 3.05) is 6.61 Å². The highest BCUT2D eigenvalue weighted by Gasteiger charge is 2.45. The molecule has 5 atom stereocenters. The number of carbonyl (C=O) groups is 2. The third kappa shape index (κ3) is 4.70. The highest BCUT2D eigenvalue weighted by Crippen LogP contribution is 2.22. The molecule has 0 radical (unpaired) electrons. The largest absolute Gasteiger partial charge is 0.507 e. The third-order valence-corrected chi connectivity index (χ3v) is 4.03. The summed E-state index contributed by atoms with van der Waals surface area (Å²) in [5.41, 5.74) is -0.0661. The van der Waals surface area contributed by atoms with Crippen molar-refractivity contribution in [3.63, 3.8) is 0 Å². The number of ether oxygens (including phenoxy) is 2. The van der Waals surface area contributed by atoms with Gasteiger partial charge in [0.25, 0.3) is 0 Å². The predicted octanol–water partition coefficient (Wildman–Crippen LogP) is -0.727. The number of benzene rings is 1. The zero-order chi connectivity index (χ0) is 19.3. The third-order valence-electron chi connectivity index (χ3n) is 4.03. The van der Waals surface area contributed by atoms with E-state index in [0.29, 0.717) is 6.42 Å². The lowest BCUT2D eigenvalue weighted by atomic mass is 9.97. The van der Waals surface area contributed by atoms with E-state index in [0.717, 1.165) is 0 Å². The van der Waals surface area contributed by atoms with Gasteiger partial charge in [-0.2, -0.15) is 0 Å². The molecule has 1 aromatic rings. The lowest BCUT2D eigenvalue weighted by Gasteiger charge is -2.40. The Labute approximate surface area is 150 Å². The van der Waals surface area contributed by atoms with Crippen LogP contribution in [0.5, 0.6) is 5.75 Å². The van der Waals surface area contributed by atoms with Crippen molar-refractivity contribution in [1.29, 1.82) is 0 Å². The molecule has 5 N–H and O–H groups in total. The van der Waals surface area contributed by atoms with Gasteiger partial charge in [-0.25, -0.2) is 4.79 Å². The van der Waals surface area contributed by atoms with E-state index in [1.807, 2.05) is 0 Å². The van der Waals surface area contributed by atoms with Gasteiger partial charge < -0.3 is 35.2 Å². The molecular formula is C17H23NO8. The molecule has 0 aliphatic carbocycles. The zero-order valence-corrected chi connectivity index (χ0v) is 14.2. The number of hydrogen-bond donors (Lipinski definition) is 5. The molecule has 144 valence electrons. The molecule has 1 aliphatic heterocycles. The summed E-state index contributed by atoms with van der Waals surface area (Å²) in [5.74, 6) is -1.50. The number of phenolic OH excluding ortho intramolecular Hbond substituents is 1. The second-order valence-electron chi connectivity index (χ2n) is 6.01. The number of amides is 1. The molecule has 9 heteroatoms. The summed E-state index contributed by atoms with van der Waals surface area (Å²) < 4.78 is 10.1. The molecule has 0 spiro atoms. The molecule has 0 bridgehead atoms. The lowest BCUT2D eigenvalue weighted by Crippen LogP contribution is -2.64. The molecule has 0 aromatic heterocycles. The van der Waals surface area contributed by atoms with Crippen LogP contribution in [0.25, 0.3) is 0 Å². The first kappa shape index (κ1) is 20.1. The molecular weight excluding hydrogens is 346 g/mol. The fourth-order valence-corrected chi connectivity index (χ4v) is 2.61. The maximum absolute atomic E-state index is 12.0. The Morgan fingerprint density at radius 2 is 1.88 bits per heavy atom. The number of phenols is 1. The van der Waals surface area contributed by atoms with Crippen molar-refractivity contribution in [1.82, 2.24) is 5.32 Å². The maximum atomic E-state index is 12.0. The van der Waals surface area contributed by atoms with Gasteiger partial charge in [0.05, 0.1) is 0 Å². The molecule has 2 rings (SSSR count). The summed E-state index contributed by atoms with van der Waals surface area (Å²) in [4.78, 5) is 23.6. The molecule has 0 saturated carbocycles. The molecule has 1 saturated heterocycles. The summed E-state index contributed by atoms with van der Waals surface area (Å²) in [6, 6.07) is 4.56. The van der Waals surface area contributed by atoms with Crippen molar-refractivity contribution < 1.29 is 39.5 Å². The SMILES string of the molecule is CCCC(=O)N[C@H]1C(O)O[C@H](COC(=O)c2ccccc2O)[C@@H](O)[C@@H]1O. The number of aliphatic hydroxyl groups is 3. The molecule has 26 heavy (non-hydrogen) atoms. The van der Waals surface area contributed by atoms with E-state index in [1.165, 1.54) is 12.1 Å². The molecule has 1 heterocycles. The zero-order valence-electron chi connectivity index (χ0n) is 14.2. The summed E-state index contributed by atoms with van der Waals surface area (Å²) in [6.07, 6.45) is -5.00. The lowest BCUT2D eigenvalue weighted by molar-refractivity contribution is -0.253. The average molecular weight is 369 g/mol. The number of aliphatic hydroxyl groups excluding tert-OH is 3. The molecule has 9 nitrogen and oxygen atoms in total. The van der Waals surface area contributed by atoms with E-state index >= 15 is 0 Å². The van der Waals surface area contributed by atoms with Crippen LogP contribution in [0.1, 0.15) is 30.1 Å². The van der Waals surface area contributed by atoms with Crippen LogP contribution in [0, 0.1) is 0 Å². The first-order chi connectivity index (χ1) is 12.3. The van der Waals surface area contributed by atoms with Crippen molar-refractivity contribution in [2.24, 2.45) is 0 Å². The first-order valence-electron chi connectivity index (χ1n) is 8.29. The van der Waals surface area contributed by atoms with Crippen LogP contribution in [0.2, 0.25) is 0 Å². The number of rotatable bonds is 6. The van der Waals surface area contributed by atoms with E-state index in [9.17, 15) is 30.0 Å². The number of nitrogens with one attached hydrogen (secondary N) is 1. The van der Waals surface area contributed by atoms with Crippen molar-refractivity contribution >= 4 is 11.9 Å². The minimum absolute atomic E-state index is 0.0661. The molecule has 1 aromatic carbocycles. The quantitative estimate of drug-likeness (QED) is 0.413. The monoisotopic (exact) mass is 369 g/mol. The smallest absolute Gasteiger partial charge is 0.342 e. The first-order valence-corrected chi connectivity index (χ1v) is 8.29. The maximum Gasteiger partial charge on any atom is 0.342 e. The van der Waals surface area contributed by atoms with Gasteiger partial charge in [-0.05, 0) is 18.6 Å². The number of hydrogen-bond acceptors (Lipinski definition) is 8. The number of aromatic hydroxyl groups is 1. The Balaban J connectivity index is 1.95. The van der Waals surface area contributed by atoms with Gasteiger partial charge in [0.1, 0.15) is 42.3 Å². The summed E-state index contributed by atoms with van der Waals surface area (Å²) in [5, 5.41) is 42.3. The van der Waals surface area contributed by atoms with Crippen LogP contribution in [0.3, 0.4) is 0 Å². The van der Waals surface area contributed by atoms with Crippen LogP contribution in [0.4, 0.5) is 0 Å². The van der Waals surface area contributed by atoms with Crippen LogP contribution >= 0.6 is 0 Å². The van der Waals surface area contributed by atoms with Gasteiger partial charge in [0.15, 0.2) is 6.29 Å². The Hall–Kier alpha value is -2.20. The summed E-state index contributed by atoms with van der Waals surface area (Å²) in [7, 11) is 0. The predicted molar refractivity (Wildman–Crippen MR) is 88.1 cm³/mol. The Bertz CT molecular complexity index is 637. The minimum atomic E-state index is -1.58. The average Bonchev–Trinajstić information content (AvgIpc) is 2.61. The Morgan fingerprint density at radius 3 is 2.54 bits per heavy atom. The van der Waals surface area contributed by atoms with Crippen LogP contribution in [-0.2, 0) is 14.3 Å². The number of para-hydroxylation sites is 1. The standard InChI is InChI=1S/C17H23NO8/c1-2-5-12(20)18-13-15(22)14(21)11(26-17(13)24)8-25-16(23)9-6-3-4-7-10(9)19/h3-4,6-7,11,13-15,17,19,21-22,24H,2,5,8H2,1H3,(H,18,20)/t11-,13-,14-,15-,17?/m1/s1. The van der Waals surface area contributed by atoms with Crippen molar-refractivity contribution in [2.45, 2.75) is 50.4 Å². The second-order valence-corrected chi connectivity index (χ2v) is 6.01. The van der Waals surface area contributed by atoms with E-state index in [2.05, 4.69) is 5.32 Å². The summed E-state index contributed by atoms with van der Waals surface area (Å²) >= 11 is 0. The van der Waals surface area contributed by atoms with Crippen LogP contribution in [-0.4, -0.2) is 69.6 Å².